The van der Waals surface area contributed by atoms with Crippen LogP contribution in [-0.4, -0.2) is 31.6 Å². The Morgan fingerprint density at radius 3 is 2.35 bits per heavy atom. The molecule has 0 saturated heterocycles. The Labute approximate surface area is 156 Å². The number of benzene rings is 2. The van der Waals surface area contributed by atoms with E-state index in [9.17, 15) is 13.2 Å². The lowest BCUT2D eigenvalue weighted by Crippen LogP contribution is -2.31. The highest BCUT2D eigenvalue weighted by Crippen LogP contribution is 2.23. The first-order valence-corrected chi connectivity index (χ1v) is 8.41. The van der Waals surface area contributed by atoms with Crippen molar-refractivity contribution in [1.82, 2.24) is 5.32 Å². The van der Waals surface area contributed by atoms with Gasteiger partial charge < -0.3 is 20.3 Å². The zero-order valence-electron chi connectivity index (χ0n) is 14.2. The predicted molar refractivity (Wildman–Crippen MR) is 102 cm³/mol. The van der Waals surface area contributed by atoms with Crippen LogP contribution >= 0.6 is 12.2 Å². The first kappa shape index (κ1) is 19.8. The van der Waals surface area contributed by atoms with Crippen molar-refractivity contribution in [2.75, 3.05) is 30.4 Å². The third-order valence-electron chi connectivity index (χ3n) is 3.50. The molecule has 0 aliphatic carbocycles. The number of halogens is 3. The van der Waals surface area contributed by atoms with E-state index in [0.717, 1.165) is 18.7 Å². The molecule has 0 spiro atoms. The first-order chi connectivity index (χ1) is 12.3. The number of alkyl halides is 3. The van der Waals surface area contributed by atoms with Gasteiger partial charge in [0.05, 0.1) is 0 Å². The van der Waals surface area contributed by atoms with Crippen LogP contribution in [0, 0.1) is 0 Å². The molecule has 4 nitrogen and oxygen atoms in total. The van der Waals surface area contributed by atoms with Crippen molar-refractivity contribution in [3.05, 3.63) is 54.6 Å². The van der Waals surface area contributed by atoms with E-state index in [1.165, 1.54) is 24.3 Å². The van der Waals surface area contributed by atoms with E-state index < -0.39 is 6.36 Å². The summed E-state index contributed by atoms with van der Waals surface area (Å²) in [6.07, 6.45) is -3.82. The highest BCUT2D eigenvalue weighted by atomic mass is 32.1. The molecular weight excluding hydrogens is 363 g/mol. The maximum absolute atomic E-state index is 12.1. The summed E-state index contributed by atoms with van der Waals surface area (Å²) in [5.74, 6) is -0.272. The largest absolute Gasteiger partial charge is 0.573 e. The predicted octanol–water partition coefficient (Wildman–Crippen LogP) is 4.40. The quantitative estimate of drug-likeness (QED) is 0.548. The third kappa shape index (κ3) is 7.18. The van der Waals surface area contributed by atoms with Crippen LogP contribution in [0.2, 0.25) is 0 Å². The van der Waals surface area contributed by atoms with Crippen LogP contribution < -0.4 is 20.3 Å². The summed E-state index contributed by atoms with van der Waals surface area (Å²) in [6, 6.07) is 15.5. The lowest BCUT2D eigenvalue weighted by molar-refractivity contribution is -0.274. The molecule has 26 heavy (non-hydrogen) atoms. The van der Waals surface area contributed by atoms with Crippen molar-refractivity contribution < 1.29 is 17.9 Å². The van der Waals surface area contributed by atoms with E-state index in [1.807, 2.05) is 37.4 Å². The van der Waals surface area contributed by atoms with Crippen LogP contribution in [0.1, 0.15) is 6.42 Å². The van der Waals surface area contributed by atoms with Crippen molar-refractivity contribution in [3.63, 3.8) is 0 Å². The van der Waals surface area contributed by atoms with Crippen molar-refractivity contribution in [3.8, 4) is 5.75 Å². The summed E-state index contributed by atoms with van der Waals surface area (Å²) in [5.41, 5.74) is 1.73. The molecule has 0 aliphatic rings. The van der Waals surface area contributed by atoms with Gasteiger partial charge >= 0.3 is 6.36 Å². The van der Waals surface area contributed by atoms with Crippen LogP contribution in [-0.2, 0) is 0 Å². The standard InChI is InChI=1S/C18H20F3N3OS/c1-24(15-6-3-2-4-7-15)13-5-12-22-17(26)23-14-8-10-16(11-9-14)25-18(19,20)21/h2-4,6-11H,5,12-13H2,1H3,(H2,22,23,26). The Morgan fingerprint density at radius 1 is 1.08 bits per heavy atom. The van der Waals surface area contributed by atoms with Gasteiger partial charge in [0.1, 0.15) is 5.75 Å². The molecule has 0 heterocycles. The molecule has 0 fully saturated rings. The second kappa shape index (κ2) is 9.28. The van der Waals surface area contributed by atoms with Gasteiger partial charge in [0.15, 0.2) is 5.11 Å². The lowest BCUT2D eigenvalue weighted by atomic mass is 10.3. The second-order valence-electron chi connectivity index (χ2n) is 5.56. The van der Waals surface area contributed by atoms with Gasteiger partial charge in [-0.1, -0.05) is 18.2 Å². The molecule has 0 unspecified atom stereocenters. The monoisotopic (exact) mass is 383 g/mol. The highest BCUT2D eigenvalue weighted by Gasteiger charge is 2.30. The third-order valence-corrected chi connectivity index (χ3v) is 3.74. The van der Waals surface area contributed by atoms with Crippen molar-refractivity contribution in [2.24, 2.45) is 0 Å². The zero-order valence-corrected chi connectivity index (χ0v) is 15.0. The highest BCUT2D eigenvalue weighted by molar-refractivity contribution is 7.80. The Bertz CT molecular complexity index is 693. The Balaban J connectivity index is 1.68. The fourth-order valence-corrected chi connectivity index (χ4v) is 2.46. The summed E-state index contributed by atoms with van der Waals surface area (Å²) in [6.45, 7) is 1.54. The SMILES string of the molecule is CN(CCCNC(=S)Nc1ccc(OC(F)(F)F)cc1)c1ccccc1. The van der Waals surface area contributed by atoms with Crippen LogP contribution in [0.15, 0.2) is 54.6 Å². The fraction of sp³-hybridized carbons (Fsp3) is 0.278. The molecule has 0 bridgehead atoms. The van der Waals surface area contributed by atoms with Gasteiger partial charge in [-0.2, -0.15) is 0 Å². The van der Waals surface area contributed by atoms with E-state index >= 15 is 0 Å². The number of nitrogens with one attached hydrogen (secondary N) is 2. The summed E-state index contributed by atoms with van der Waals surface area (Å²) < 4.78 is 40.2. The summed E-state index contributed by atoms with van der Waals surface area (Å²) in [5, 5.41) is 6.41. The summed E-state index contributed by atoms with van der Waals surface area (Å²) in [4.78, 5) is 2.15. The number of anilines is 2. The van der Waals surface area contributed by atoms with Gasteiger partial charge in [-0.25, -0.2) is 0 Å². The molecule has 0 aromatic heterocycles. The van der Waals surface area contributed by atoms with Crippen LogP contribution in [0.5, 0.6) is 5.75 Å². The van der Waals surface area contributed by atoms with Gasteiger partial charge in [-0.3, -0.25) is 0 Å². The van der Waals surface area contributed by atoms with E-state index in [1.54, 1.807) is 0 Å². The average molecular weight is 383 g/mol. The number of hydrogen-bond acceptors (Lipinski definition) is 3. The second-order valence-corrected chi connectivity index (χ2v) is 5.97. The molecule has 0 radical (unpaired) electrons. The summed E-state index contributed by atoms with van der Waals surface area (Å²) in [7, 11) is 2.02. The van der Waals surface area contributed by atoms with Gasteiger partial charge in [0.2, 0.25) is 0 Å². The molecule has 2 aromatic rings. The lowest BCUT2D eigenvalue weighted by Gasteiger charge is -2.19. The first-order valence-electron chi connectivity index (χ1n) is 8.00. The fourth-order valence-electron chi connectivity index (χ4n) is 2.24. The number of hydrogen-bond donors (Lipinski definition) is 2. The molecule has 0 aliphatic heterocycles. The molecule has 2 rings (SSSR count). The van der Waals surface area contributed by atoms with E-state index in [4.69, 9.17) is 12.2 Å². The maximum Gasteiger partial charge on any atom is 0.573 e. The molecule has 2 aromatic carbocycles. The van der Waals surface area contributed by atoms with Crippen LogP contribution in [0.4, 0.5) is 24.5 Å². The number of para-hydroxylation sites is 1. The van der Waals surface area contributed by atoms with E-state index in [2.05, 4.69) is 20.3 Å². The Kier molecular flexibility index (Phi) is 7.08. The molecule has 8 heteroatoms. The zero-order chi connectivity index (χ0) is 19.0. The minimum Gasteiger partial charge on any atom is -0.406 e. The average Bonchev–Trinajstić information content (AvgIpc) is 2.60. The molecule has 0 saturated carbocycles. The van der Waals surface area contributed by atoms with Crippen molar-refractivity contribution in [2.45, 2.75) is 12.8 Å². The molecular formula is C18H20F3N3OS. The van der Waals surface area contributed by atoms with Gasteiger partial charge in [-0.15, -0.1) is 13.2 Å². The maximum atomic E-state index is 12.1. The topological polar surface area (TPSA) is 36.5 Å². The number of rotatable bonds is 7. The normalized spacial score (nSPS) is 10.9. The van der Waals surface area contributed by atoms with E-state index in [0.29, 0.717) is 17.3 Å². The minimum atomic E-state index is -4.70. The smallest absolute Gasteiger partial charge is 0.406 e. The number of thiocarbonyl (C=S) groups is 1. The van der Waals surface area contributed by atoms with Crippen LogP contribution in [0.3, 0.4) is 0 Å². The van der Waals surface area contributed by atoms with E-state index in [-0.39, 0.29) is 5.75 Å². The van der Waals surface area contributed by atoms with Gasteiger partial charge in [0.25, 0.3) is 0 Å². The number of ether oxygens (including phenoxy) is 1. The molecule has 2 N–H and O–H groups in total. The summed E-state index contributed by atoms with van der Waals surface area (Å²) >= 11 is 5.18. The Morgan fingerprint density at radius 2 is 1.73 bits per heavy atom. The van der Waals surface area contributed by atoms with Gasteiger partial charge in [-0.05, 0) is 55.0 Å². The van der Waals surface area contributed by atoms with Crippen molar-refractivity contribution in [1.29, 1.82) is 0 Å². The number of nitrogens with zero attached hydrogens (tertiary/aromatic N) is 1. The molecule has 0 atom stereocenters. The minimum absolute atomic E-state index is 0.272. The Hall–Kier alpha value is -2.48. The van der Waals surface area contributed by atoms with Crippen LogP contribution in [0.25, 0.3) is 0 Å². The van der Waals surface area contributed by atoms with Gasteiger partial charge in [0, 0.05) is 31.5 Å². The molecule has 0 amide bonds. The molecule has 140 valence electrons. The van der Waals surface area contributed by atoms with Crippen molar-refractivity contribution >= 4 is 28.7 Å².